The van der Waals surface area contributed by atoms with E-state index in [2.05, 4.69) is 10.1 Å². The second-order valence-corrected chi connectivity index (χ2v) is 6.34. The number of aromatic nitrogens is 3. The molecule has 1 N–H and O–H groups in total. The summed E-state index contributed by atoms with van der Waals surface area (Å²) in [6, 6.07) is 12.8. The van der Waals surface area contributed by atoms with Crippen LogP contribution in [0.1, 0.15) is 18.1 Å². The Morgan fingerprint density at radius 2 is 1.88 bits per heavy atom. The lowest BCUT2D eigenvalue weighted by Crippen LogP contribution is -2.29. The lowest BCUT2D eigenvalue weighted by molar-refractivity contribution is 0.0339. The van der Waals surface area contributed by atoms with E-state index >= 15 is 0 Å². The Morgan fingerprint density at radius 1 is 1.17 bits per heavy atom. The van der Waals surface area contributed by atoms with Crippen molar-refractivity contribution in [1.82, 2.24) is 14.8 Å². The van der Waals surface area contributed by atoms with Crippen molar-refractivity contribution >= 4 is 11.6 Å². The Balaban J connectivity index is 1.80. The van der Waals surface area contributed by atoms with Gasteiger partial charge in [-0.3, -0.25) is 0 Å². The lowest BCUT2D eigenvalue weighted by atomic mass is 9.92. The summed E-state index contributed by atoms with van der Waals surface area (Å²) in [6.45, 7) is 4.03. The summed E-state index contributed by atoms with van der Waals surface area (Å²) < 4.78 is 7.43. The first kappa shape index (κ1) is 16.5. The molecule has 1 atom stereocenters. The molecule has 3 aromatic rings. The molecule has 0 aliphatic rings. The van der Waals surface area contributed by atoms with Gasteiger partial charge in [0.1, 0.15) is 29.8 Å². The highest BCUT2D eigenvalue weighted by atomic mass is 35.5. The van der Waals surface area contributed by atoms with Gasteiger partial charge < -0.3 is 9.84 Å². The molecule has 0 aliphatic carbocycles. The van der Waals surface area contributed by atoms with Crippen molar-refractivity contribution in [3.63, 3.8) is 0 Å². The fourth-order valence-electron chi connectivity index (χ4n) is 2.66. The van der Waals surface area contributed by atoms with Crippen LogP contribution in [-0.2, 0) is 12.1 Å². The van der Waals surface area contributed by atoms with Crippen LogP contribution in [0.25, 0.3) is 0 Å². The Kier molecular flexibility index (Phi) is 4.55. The van der Waals surface area contributed by atoms with E-state index in [0.29, 0.717) is 23.1 Å². The highest BCUT2D eigenvalue weighted by molar-refractivity contribution is 6.30. The fraction of sp³-hybridized carbons (Fsp3) is 0.222. The quantitative estimate of drug-likeness (QED) is 0.762. The summed E-state index contributed by atoms with van der Waals surface area (Å²) in [7, 11) is 0. The molecule has 1 unspecified atom stereocenters. The first-order chi connectivity index (χ1) is 11.4. The van der Waals surface area contributed by atoms with Crippen LogP contribution in [0.5, 0.6) is 11.5 Å². The molecule has 0 aliphatic heterocycles. The predicted molar refractivity (Wildman–Crippen MR) is 92.3 cm³/mol. The molecule has 1 aromatic heterocycles. The first-order valence-corrected chi connectivity index (χ1v) is 7.91. The monoisotopic (exact) mass is 343 g/mol. The van der Waals surface area contributed by atoms with Gasteiger partial charge >= 0.3 is 0 Å². The summed E-state index contributed by atoms with van der Waals surface area (Å²) in [4.78, 5) is 3.90. The van der Waals surface area contributed by atoms with Crippen LogP contribution >= 0.6 is 11.6 Å². The standard InChI is InChI=1S/C18H18ClN3O2/c1-13-9-16(24-15-5-3-14(19)4-6-15)7-8-17(13)18(2,23)10-22-12-20-11-21-22/h3-9,11-12,23H,10H2,1-2H3. The summed E-state index contributed by atoms with van der Waals surface area (Å²) in [5.74, 6) is 1.41. The van der Waals surface area contributed by atoms with Crippen LogP contribution in [-0.4, -0.2) is 19.9 Å². The Bertz CT molecular complexity index is 815. The molecule has 124 valence electrons. The van der Waals surface area contributed by atoms with Gasteiger partial charge in [-0.05, 0) is 61.4 Å². The molecule has 3 rings (SSSR count). The van der Waals surface area contributed by atoms with E-state index in [9.17, 15) is 5.11 Å². The molecule has 0 saturated carbocycles. The smallest absolute Gasteiger partial charge is 0.137 e. The van der Waals surface area contributed by atoms with Crippen molar-refractivity contribution in [3.8, 4) is 11.5 Å². The third kappa shape index (κ3) is 3.75. The summed E-state index contributed by atoms with van der Waals surface area (Å²) in [5, 5.41) is 15.5. The summed E-state index contributed by atoms with van der Waals surface area (Å²) in [6.07, 6.45) is 3.04. The van der Waals surface area contributed by atoms with Gasteiger partial charge in [0.25, 0.3) is 0 Å². The molecule has 0 spiro atoms. The SMILES string of the molecule is Cc1cc(Oc2ccc(Cl)cc2)ccc1C(C)(O)Cn1cncn1. The van der Waals surface area contributed by atoms with E-state index < -0.39 is 5.60 Å². The maximum absolute atomic E-state index is 10.8. The van der Waals surface area contributed by atoms with Gasteiger partial charge in [0.15, 0.2) is 0 Å². The average molecular weight is 344 g/mol. The number of hydrogen-bond acceptors (Lipinski definition) is 4. The average Bonchev–Trinajstić information content (AvgIpc) is 3.01. The van der Waals surface area contributed by atoms with Crippen molar-refractivity contribution in [1.29, 1.82) is 0 Å². The topological polar surface area (TPSA) is 60.2 Å². The van der Waals surface area contributed by atoms with Crippen molar-refractivity contribution in [2.75, 3.05) is 0 Å². The molecule has 0 bridgehead atoms. The van der Waals surface area contributed by atoms with Crippen LogP contribution < -0.4 is 4.74 Å². The van der Waals surface area contributed by atoms with E-state index in [4.69, 9.17) is 16.3 Å². The Hall–Kier alpha value is -2.37. The third-order valence-electron chi connectivity index (χ3n) is 3.76. The number of benzene rings is 2. The van der Waals surface area contributed by atoms with E-state index in [1.165, 1.54) is 6.33 Å². The van der Waals surface area contributed by atoms with Gasteiger partial charge in [-0.2, -0.15) is 5.10 Å². The summed E-state index contributed by atoms with van der Waals surface area (Å²) >= 11 is 5.87. The highest BCUT2D eigenvalue weighted by Gasteiger charge is 2.26. The molecular formula is C18H18ClN3O2. The normalized spacial score (nSPS) is 13.5. The minimum Gasteiger partial charge on any atom is -0.457 e. The molecule has 0 amide bonds. The zero-order valence-electron chi connectivity index (χ0n) is 13.5. The highest BCUT2D eigenvalue weighted by Crippen LogP contribution is 2.30. The summed E-state index contributed by atoms with van der Waals surface area (Å²) in [5.41, 5.74) is 0.698. The van der Waals surface area contributed by atoms with Crippen molar-refractivity contribution in [2.24, 2.45) is 0 Å². The zero-order valence-corrected chi connectivity index (χ0v) is 14.2. The van der Waals surface area contributed by atoms with E-state index in [0.717, 1.165) is 11.1 Å². The van der Waals surface area contributed by atoms with E-state index in [1.807, 2.05) is 37.3 Å². The number of halogens is 1. The predicted octanol–water partition coefficient (Wildman–Crippen LogP) is 3.94. The van der Waals surface area contributed by atoms with Gasteiger partial charge in [0, 0.05) is 5.02 Å². The number of ether oxygens (including phenoxy) is 1. The van der Waals surface area contributed by atoms with E-state index in [1.54, 1.807) is 30.1 Å². The molecule has 24 heavy (non-hydrogen) atoms. The molecule has 5 nitrogen and oxygen atoms in total. The van der Waals surface area contributed by atoms with Crippen LogP contribution in [0, 0.1) is 6.92 Å². The van der Waals surface area contributed by atoms with Crippen molar-refractivity contribution in [3.05, 3.63) is 71.3 Å². The molecular weight excluding hydrogens is 326 g/mol. The number of aryl methyl sites for hydroxylation is 1. The fourth-order valence-corrected chi connectivity index (χ4v) is 2.78. The molecule has 2 aromatic carbocycles. The van der Waals surface area contributed by atoms with Gasteiger partial charge in [-0.1, -0.05) is 17.7 Å². The maximum Gasteiger partial charge on any atom is 0.137 e. The zero-order chi connectivity index (χ0) is 17.2. The second kappa shape index (κ2) is 6.63. The molecule has 0 radical (unpaired) electrons. The van der Waals surface area contributed by atoms with E-state index in [-0.39, 0.29) is 0 Å². The molecule has 6 heteroatoms. The number of nitrogens with zero attached hydrogens (tertiary/aromatic N) is 3. The van der Waals surface area contributed by atoms with Gasteiger partial charge in [0.05, 0.1) is 6.54 Å². The third-order valence-corrected chi connectivity index (χ3v) is 4.02. The molecule has 1 heterocycles. The number of aliphatic hydroxyl groups is 1. The van der Waals surface area contributed by atoms with Gasteiger partial charge in [0.2, 0.25) is 0 Å². The Morgan fingerprint density at radius 3 is 2.50 bits per heavy atom. The number of rotatable bonds is 5. The van der Waals surface area contributed by atoms with Crippen molar-refractivity contribution in [2.45, 2.75) is 26.0 Å². The minimum atomic E-state index is -1.06. The maximum atomic E-state index is 10.8. The number of hydrogen-bond donors (Lipinski definition) is 1. The van der Waals surface area contributed by atoms with Crippen LogP contribution in [0.15, 0.2) is 55.1 Å². The van der Waals surface area contributed by atoms with Crippen molar-refractivity contribution < 1.29 is 9.84 Å². The second-order valence-electron chi connectivity index (χ2n) is 5.90. The lowest BCUT2D eigenvalue weighted by Gasteiger charge is -2.25. The largest absolute Gasteiger partial charge is 0.457 e. The van der Waals surface area contributed by atoms with Crippen LogP contribution in [0.2, 0.25) is 5.02 Å². The molecule has 0 saturated heterocycles. The van der Waals surface area contributed by atoms with Crippen LogP contribution in [0.4, 0.5) is 0 Å². The van der Waals surface area contributed by atoms with Gasteiger partial charge in [-0.15, -0.1) is 0 Å². The molecule has 0 fully saturated rings. The van der Waals surface area contributed by atoms with Crippen LogP contribution in [0.3, 0.4) is 0 Å². The van der Waals surface area contributed by atoms with Gasteiger partial charge in [-0.25, -0.2) is 9.67 Å². The minimum absolute atomic E-state index is 0.325. The Labute approximate surface area is 145 Å². The first-order valence-electron chi connectivity index (χ1n) is 7.53.